The number of allylic oxidation sites excluding steroid dienone is 1. The van der Waals surface area contributed by atoms with Crippen LogP contribution < -0.4 is 0 Å². The van der Waals surface area contributed by atoms with Gasteiger partial charge in [-0.3, -0.25) is 0 Å². The van der Waals surface area contributed by atoms with Crippen molar-refractivity contribution in [2.45, 2.75) is 200 Å². The lowest BCUT2D eigenvalue weighted by Crippen LogP contribution is -2.19. The van der Waals surface area contributed by atoms with E-state index in [1.54, 1.807) is 0 Å². The molecule has 0 radical (unpaired) electrons. The summed E-state index contributed by atoms with van der Waals surface area (Å²) in [5.74, 6) is 0. The summed E-state index contributed by atoms with van der Waals surface area (Å²) in [6.45, 7) is 9.72. The van der Waals surface area contributed by atoms with Gasteiger partial charge in [0.25, 0.3) is 0 Å². The Morgan fingerprint density at radius 3 is 1.39 bits per heavy atom. The fraction of sp³-hybridized carbons (Fsp3) is 0.946. The van der Waals surface area contributed by atoms with Crippen molar-refractivity contribution in [3.05, 3.63) is 12.3 Å². The van der Waals surface area contributed by atoms with Gasteiger partial charge in [-0.2, -0.15) is 0 Å². The van der Waals surface area contributed by atoms with Gasteiger partial charge in [0.2, 0.25) is 0 Å². The molecule has 0 saturated carbocycles. The molecular weight excluding hydrogens is 508 g/mol. The first-order valence-electron chi connectivity index (χ1n) is 18.4. The lowest BCUT2D eigenvalue weighted by atomic mass is 10.1. The van der Waals surface area contributed by atoms with Gasteiger partial charge in [-0.05, 0) is 51.0 Å². The van der Waals surface area contributed by atoms with Crippen molar-refractivity contribution < 1.29 is 18.9 Å². The van der Waals surface area contributed by atoms with Gasteiger partial charge in [-0.15, -0.1) is 0 Å². The van der Waals surface area contributed by atoms with Crippen molar-refractivity contribution in [1.82, 2.24) is 0 Å². The van der Waals surface area contributed by atoms with Crippen molar-refractivity contribution in [3.8, 4) is 0 Å². The van der Waals surface area contributed by atoms with Crippen LogP contribution in [0.15, 0.2) is 12.3 Å². The Kier molecular flexibility index (Phi) is 36.9. The van der Waals surface area contributed by atoms with Gasteiger partial charge in [0.1, 0.15) is 0 Å². The lowest BCUT2D eigenvalue weighted by Gasteiger charge is -2.19. The van der Waals surface area contributed by atoms with Crippen LogP contribution in [0, 0.1) is 0 Å². The highest BCUT2D eigenvalue weighted by Gasteiger charge is 2.09. The van der Waals surface area contributed by atoms with Gasteiger partial charge in [0, 0.05) is 13.2 Å². The smallest absolute Gasteiger partial charge is 0.188 e. The van der Waals surface area contributed by atoms with Crippen molar-refractivity contribution in [2.24, 2.45) is 0 Å². The molecule has 0 aromatic heterocycles. The fourth-order valence-electron chi connectivity index (χ4n) is 5.13. The summed E-state index contributed by atoms with van der Waals surface area (Å²) >= 11 is 0. The molecule has 4 heteroatoms. The average Bonchev–Trinajstić information content (AvgIpc) is 2.98. The van der Waals surface area contributed by atoms with Crippen molar-refractivity contribution in [1.29, 1.82) is 0 Å². The minimum Gasteiger partial charge on any atom is -0.475 e. The van der Waals surface area contributed by atoms with Gasteiger partial charge < -0.3 is 18.9 Å². The normalized spacial score (nSPS) is 11.8. The van der Waals surface area contributed by atoms with E-state index in [-0.39, 0.29) is 6.29 Å². The zero-order chi connectivity index (χ0) is 29.7. The van der Waals surface area contributed by atoms with E-state index in [1.165, 1.54) is 154 Å². The Bertz CT molecular complexity index is 462. The molecular formula is C37H74O4. The largest absolute Gasteiger partial charge is 0.475 e. The molecule has 0 aromatic rings. The Balaban J connectivity index is 3.77. The highest BCUT2D eigenvalue weighted by molar-refractivity contribution is 4.72. The van der Waals surface area contributed by atoms with E-state index in [0.29, 0.717) is 6.79 Å². The summed E-state index contributed by atoms with van der Waals surface area (Å²) < 4.78 is 23.3. The van der Waals surface area contributed by atoms with Gasteiger partial charge in [0.15, 0.2) is 13.1 Å². The van der Waals surface area contributed by atoms with Gasteiger partial charge in [-0.1, -0.05) is 149 Å². The molecule has 0 unspecified atom stereocenters. The molecule has 0 fully saturated rings. The molecule has 0 aliphatic rings. The molecule has 0 rings (SSSR count). The number of hydrogen-bond donors (Lipinski definition) is 0. The van der Waals surface area contributed by atoms with E-state index in [2.05, 4.69) is 26.8 Å². The third-order valence-electron chi connectivity index (χ3n) is 7.90. The second-order valence-electron chi connectivity index (χ2n) is 12.1. The first-order valence-corrected chi connectivity index (χ1v) is 18.4. The van der Waals surface area contributed by atoms with E-state index in [4.69, 9.17) is 18.9 Å². The van der Waals surface area contributed by atoms with E-state index in [0.717, 1.165) is 39.1 Å². The topological polar surface area (TPSA) is 36.9 Å². The van der Waals surface area contributed by atoms with Crippen LogP contribution in [-0.4, -0.2) is 32.9 Å². The van der Waals surface area contributed by atoms with Crippen LogP contribution in [0.5, 0.6) is 0 Å². The van der Waals surface area contributed by atoms with Crippen molar-refractivity contribution >= 4 is 0 Å². The second kappa shape index (κ2) is 37.4. The number of unbranched alkanes of at least 4 members (excludes halogenated alkanes) is 22. The van der Waals surface area contributed by atoms with Gasteiger partial charge in [-0.25, -0.2) is 0 Å². The first-order chi connectivity index (χ1) is 20.3. The third kappa shape index (κ3) is 35.5. The molecule has 0 bridgehead atoms. The van der Waals surface area contributed by atoms with Crippen LogP contribution in [-0.2, 0) is 18.9 Å². The van der Waals surface area contributed by atoms with Crippen molar-refractivity contribution in [3.63, 3.8) is 0 Å². The Morgan fingerprint density at radius 1 is 0.439 bits per heavy atom. The highest BCUT2D eigenvalue weighted by Crippen LogP contribution is 2.15. The van der Waals surface area contributed by atoms with E-state index < -0.39 is 0 Å². The summed E-state index contributed by atoms with van der Waals surface area (Å²) in [5.41, 5.74) is 0. The Labute approximate surface area is 258 Å². The Morgan fingerprint density at radius 2 is 0.854 bits per heavy atom. The molecule has 0 aliphatic heterocycles. The SMILES string of the molecule is CCCCCCCCCOC(CCCCCCCCCC=COCOCCCCCC)OCCCCCCCCC. The highest BCUT2D eigenvalue weighted by atomic mass is 16.7. The number of ether oxygens (including phenoxy) is 4. The van der Waals surface area contributed by atoms with Crippen LogP contribution >= 0.6 is 0 Å². The summed E-state index contributed by atoms with van der Waals surface area (Å²) in [6, 6.07) is 0. The zero-order valence-electron chi connectivity index (χ0n) is 28.3. The van der Waals surface area contributed by atoms with E-state index >= 15 is 0 Å². The molecule has 0 saturated heterocycles. The lowest BCUT2D eigenvalue weighted by molar-refractivity contribution is -0.148. The minimum atomic E-state index is 0.00986. The van der Waals surface area contributed by atoms with Crippen LogP contribution in [0.4, 0.5) is 0 Å². The molecule has 246 valence electrons. The van der Waals surface area contributed by atoms with Crippen LogP contribution in [0.2, 0.25) is 0 Å². The second-order valence-corrected chi connectivity index (χ2v) is 12.1. The van der Waals surface area contributed by atoms with Crippen LogP contribution in [0.25, 0.3) is 0 Å². The maximum Gasteiger partial charge on any atom is 0.188 e. The summed E-state index contributed by atoms with van der Waals surface area (Å²) in [5, 5.41) is 0. The van der Waals surface area contributed by atoms with Crippen LogP contribution in [0.3, 0.4) is 0 Å². The molecule has 0 aliphatic carbocycles. The molecule has 0 amide bonds. The average molecular weight is 583 g/mol. The molecule has 4 nitrogen and oxygen atoms in total. The van der Waals surface area contributed by atoms with Crippen LogP contribution in [0.1, 0.15) is 194 Å². The first kappa shape index (κ1) is 40.4. The Hall–Kier alpha value is -0.580. The predicted octanol–water partition coefficient (Wildman–Crippen LogP) is 12.4. The van der Waals surface area contributed by atoms with Gasteiger partial charge >= 0.3 is 0 Å². The molecule has 0 aromatic carbocycles. The van der Waals surface area contributed by atoms with Crippen molar-refractivity contribution in [2.75, 3.05) is 26.6 Å². The van der Waals surface area contributed by atoms with Gasteiger partial charge in [0.05, 0.1) is 12.9 Å². The maximum atomic E-state index is 6.22. The standard InChI is InChI=1S/C37H74O4/c1-4-7-10-13-19-24-29-34-40-37(41-35-30-25-20-14-11-8-5-2)31-26-22-18-16-15-17-21-23-28-33-39-36-38-32-27-12-9-6-3/h28,33,37H,4-27,29-32,34-36H2,1-3H3. The van der Waals surface area contributed by atoms with E-state index in [1.807, 2.05) is 6.26 Å². The summed E-state index contributed by atoms with van der Waals surface area (Å²) in [4.78, 5) is 0. The molecule has 0 spiro atoms. The molecule has 0 heterocycles. The zero-order valence-corrected chi connectivity index (χ0v) is 28.3. The minimum absolute atomic E-state index is 0.00986. The predicted molar refractivity (Wildman–Crippen MR) is 178 cm³/mol. The molecule has 0 N–H and O–H groups in total. The summed E-state index contributed by atoms with van der Waals surface area (Å²) in [6.07, 6.45) is 38.8. The number of rotatable bonds is 36. The molecule has 0 atom stereocenters. The van der Waals surface area contributed by atoms with E-state index in [9.17, 15) is 0 Å². The monoisotopic (exact) mass is 583 g/mol. The quantitative estimate of drug-likeness (QED) is 0.0418. The third-order valence-corrected chi connectivity index (χ3v) is 7.90. The molecule has 41 heavy (non-hydrogen) atoms. The summed E-state index contributed by atoms with van der Waals surface area (Å²) in [7, 11) is 0. The maximum absolute atomic E-state index is 6.22. The number of hydrogen-bond acceptors (Lipinski definition) is 4. The fourth-order valence-corrected chi connectivity index (χ4v) is 5.13.